The molecule has 3 fully saturated rings. The van der Waals surface area contributed by atoms with Crippen LogP contribution in [0, 0.1) is 11.3 Å². The Bertz CT molecular complexity index is 692. The molecule has 4 rings (SSSR count). The van der Waals surface area contributed by atoms with E-state index in [-0.39, 0.29) is 17.8 Å². The van der Waals surface area contributed by atoms with Gasteiger partial charge in [-0.15, -0.1) is 0 Å². The third kappa shape index (κ3) is 3.69. The summed E-state index contributed by atoms with van der Waals surface area (Å²) in [6, 6.07) is 0.500. The summed E-state index contributed by atoms with van der Waals surface area (Å²) in [5.41, 5.74) is 0.0420. The Labute approximate surface area is 170 Å². The molecule has 1 saturated carbocycles. The minimum atomic E-state index is -0.573. The molecule has 0 N–H and O–H groups in total. The van der Waals surface area contributed by atoms with E-state index in [1.165, 1.54) is 11.5 Å². The molecule has 2 saturated heterocycles. The van der Waals surface area contributed by atoms with E-state index in [0.717, 1.165) is 52.0 Å². The van der Waals surface area contributed by atoms with Gasteiger partial charge in [-0.2, -0.15) is 0 Å². The molecule has 8 heteroatoms. The molecule has 1 aromatic heterocycles. The number of aromatic nitrogens is 1. The summed E-state index contributed by atoms with van der Waals surface area (Å²) in [7, 11) is 0. The number of esters is 1. The Balaban J connectivity index is 1.52. The zero-order valence-electron chi connectivity index (χ0n) is 16.5. The summed E-state index contributed by atoms with van der Waals surface area (Å²) in [5.74, 6) is 0.116. The highest BCUT2D eigenvalue weighted by molar-refractivity contribution is 7.03. The van der Waals surface area contributed by atoms with E-state index in [4.69, 9.17) is 9.47 Å². The molecule has 0 bridgehead atoms. The highest BCUT2D eigenvalue weighted by Crippen LogP contribution is 2.48. The van der Waals surface area contributed by atoms with Crippen molar-refractivity contribution in [2.24, 2.45) is 11.3 Å². The van der Waals surface area contributed by atoms with Crippen LogP contribution in [0.3, 0.4) is 0 Å². The molecule has 0 aromatic carbocycles. The van der Waals surface area contributed by atoms with E-state index in [2.05, 4.69) is 9.27 Å². The first-order valence-corrected chi connectivity index (χ1v) is 11.2. The fourth-order valence-corrected chi connectivity index (χ4v) is 5.69. The first-order valence-electron chi connectivity index (χ1n) is 10.3. The van der Waals surface area contributed by atoms with Crippen LogP contribution in [0.2, 0.25) is 0 Å². The van der Waals surface area contributed by atoms with Crippen molar-refractivity contribution >= 4 is 23.4 Å². The molecule has 1 amide bonds. The Morgan fingerprint density at radius 2 is 2.14 bits per heavy atom. The normalized spacial score (nSPS) is 31.2. The standard InChI is InChI=1S/C20H29N3O4S/c1-2-27-19(25)20-5-3-17(22-7-9-26-10-8-22)11-16(20)4-6-23(14-20)18(24)15-12-21-28-13-15/h12-13,16-17H,2-11,14H2,1H3/t16-,17-,20-/m1/s1. The van der Waals surface area contributed by atoms with Crippen molar-refractivity contribution in [3.8, 4) is 0 Å². The number of hydrogen-bond donors (Lipinski definition) is 0. The van der Waals surface area contributed by atoms with Crippen LogP contribution in [0.4, 0.5) is 0 Å². The van der Waals surface area contributed by atoms with E-state index in [1.54, 1.807) is 11.6 Å². The zero-order chi connectivity index (χ0) is 19.6. The van der Waals surface area contributed by atoms with Gasteiger partial charge in [-0.25, -0.2) is 4.37 Å². The molecule has 28 heavy (non-hydrogen) atoms. The fraction of sp³-hybridized carbons (Fsp3) is 0.750. The molecule has 1 aliphatic carbocycles. The molecule has 1 aromatic rings. The number of morpholine rings is 1. The molecule has 0 spiro atoms. The lowest BCUT2D eigenvalue weighted by atomic mass is 9.61. The number of amides is 1. The molecule has 2 aliphatic heterocycles. The van der Waals surface area contributed by atoms with Gasteiger partial charge in [0.05, 0.1) is 37.0 Å². The van der Waals surface area contributed by atoms with Crippen LogP contribution < -0.4 is 0 Å². The minimum Gasteiger partial charge on any atom is -0.466 e. The molecule has 3 aliphatic rings. The first kappa shape index (κ1) is 19.8. The first-order chi connectivity index (χ1) is 13.6. The van der Waals surface area contributed by atoms with Crippen LogP contribution in [-0.4, -0.2) is 78.1 Å². The van der Waals surface area contributed by atoms with Crippen molar-refractivity contribution in [3.63, 3.8) is 0 Å². The van der Waals surface area contributed by atoms with E-state index in [0.29, 0.717) is 31.3 Å². The lowest BCUT2D eigenvalue weighted by Gasteiger charge is -2.52. The van der Waals surface area contributed by atoms with Crippen LogP contribution in [0.25, 0.3) is 0 Å². The molecule has 3 atom stereocenters. The molecular formula is C20H29N3O4S. The number of hydrogen-bond acceptors (Lipinski definition) is 7. The maximum Gasteiger partial charge on any atom is 0.314 e. The van der Waals surface area contributed by atoms with Crippen molar-refractivity contribution in [2.45, 2.75) is 38.6 Å². The van der Waals surface area contributed by atoms with E-state index >= 15 is 0 Å². The molecular weight excluding hydrogens is 378 g/mol. The number of piperidine rings is 1. The van der Waals surface area contributed by atoms with Gasteiger partial charge in [0, 0.05) is 37.6 Å². The number of fused-ring (bicyclic) bond motifs is 1. The number of likely N-dealkylation sites (tertiary alicyclic amines) is 1. The summed E-state index contributed by atoms with van der Waals surface area (Å²) in [6.07, 6.45) is 5.22. The predicted octanol–water partition coefficient (Wildman–Crippen LogP) is 2.04. The van der Waals surface area contributed by atoms with Gasteiger partial charge in [-0.3, -0.25) is 14.5 Å². The third-order valence-corrected chi connectivity index (χ3v) is 7.28. The highest BCUT2D eigenvalue weighted by atomic mass is 32.1. The van der Waals surface area contributed by atoms with E-state index in [1.807, 2.05) is 11.8 Å². The highest BCUT2D eigenvalue weighted by Gasteiger charge is 2.54. The second-order valence-corrected chi connectivity index (χ2v) is 8.74. The maximum absolute atomic E-state index is 13.1. The lowest BCUT2D eigenvalue weighted by Crippen LogP contribution is -2.59. The Morgan fingerprint density at radius 1 is 1.32 bits per heavy atom. The minimum absolute atomic E-state index is 0.0221. The van der Waals surface area contributed by atoms with E-state index in [9.17, 15) is 9.59 Å². The predicted molar refractivity (Wildman–Crippen MR) is 105 cm³/mol. The van der Waals surface area contributed by atoms with Gasteiger partial charge < -0.3 is 14.4 Å². The fourth-order valence-electron chi connectivity index (χ4n) is 5.18. The number of rotatable bonds is 4. The number of carbonyl (C=O) groups is 2. The van der Waals surface area contributed by atoms with Crippen molar-refractivity contribution in [1.82, 2.24) is 14.2 Å². The van der Waals surface area contributed by atoms with Crippen molar-refractivity contribution in [1.29, 1.82) is 0 Å². The Kier molecular flexibility index (Phi) is 5.99. The van der Waals surface area contributed by atoms with Gasteiger partial charge in [0.2, 0.25) is 0 Å². The van der Waals surface area contributed by atoms with Crippen LogP contribution in [0.1, 0.15) is 43.0 Å². The van der Waals surface area contributed by atoms with Gasteiger partial charge >= 0.3 is 5.97 Å². The van der Waals surface area contributed by atoms with Gasteiger partial charge in [-0.05, 0) is 50.1 Å². The lowest BCUT2D eigenvalue weighted by molar-refractivity contribution is -0.168. The number of ether oxygens (including phenoxy) is 2. The largest absolute Gasteiger partial charge is 0.466 e. The topological polar surface area (TPSA) is 72.0 Å². The van der Waals surface area contributed by atoms with Crippen LogP contribution in [0.15, 0.2) is 11.6 Å². The van der Waals surface area contributed by atoms with Crippen LogP contribution in [-0.2, 0) is 14.3 Å². The molecule has 0 radical (unpaired) electrons. The maximum atomic E-state index is 13.1. The number of nitrogens with zero attached hydrogens (tertiary/aromatic N) is 3. The van der Waals surface area contributed by atoms with Crippen LogP contribution in [0.5, 0.6) is 0 Å². The zero-order valence-corrected chi connectivity index (χ0v) is 17.3. The average Bonchev–Trinajstić information content (AvgIpc) is 3.28. The quantitative estimate of drug-likeness (QED) is 0.712. The van der Waals surface area contributed by atoms with Gasteiger partial charge in [0.1, 0.15) is 0 Å². The summed E-state index contributed by atoms with van der Waals surface area (Å²) >= 11 is 1.28. The van der Waals surface area contributed by atoms with Crippen LogP contribution >= 0.6 is 11.5 Å². The van der Waals surface area contributed by atoms with Gasteiger partial charge in [0.15, 0.2) is 0 Å². The Hall–Kier alpha value is -1.51. The van der Waals surface area contributed by atoms with Crippen molar-refractivity contribution in [2.75, 3.05) is 46.0 Å². The number of carbonyl (C=O) groups excluding carboxylic acids is 2. The van der Waals surface area contributed by atoms with Gasteiger partial charge in [-0.1, -0.05) is 0 Å². The second-order valence-electron chi connectivity index (χ2n) is 8.08. The monoisotopic (exact) mass is 407 g/mol. The second kappa shape index (κ2) is 8.47. The summed E-state index contributed by atoms with van der Waals surface area (Å²) in [4.78, 5) is 30.3. The molecule has 7 nitrogen and oxygen atoms in total. The van der Waals surface area contributed by atoms with Gasteiger partial charge in [0.25, 0.3) is 5.91 Å². The van der Waals surface area contributed by atoms with Crippen molar-refractivity contribution < 1.29 is 19.1 Å². The summed E-state index contributed by atoms with van der Waals surface area (Å²) < 4.78 is 15.1. The molecule has 154 valence electrons. The third-order valence-electron chi connectivity index (χ3n) is 6.69. The average molecular weight is 408 g/mol. The molecule has 0 unspecified atom stereocenters. The smallest absolute Gasteiger partial charge is 0.314 e. The summed E-state index contributed by atoms with van der Waals surface area (Å²) in [6.45, 7) is 6.91. The Morgan fingerprint density at radius 3 is 2.86 bits per heavy atom. The summed E-state index contributed by atoms with van der Waals surface area (Å²) in [5, 5.41) is 1.78. The SMILES string of the molecule is CCOC(=O)[C@@]12CC[C@@H](N3CCOCC3)C[C@H]1CCN(C(=O)c1cnsc1)C2. The van der Waals surface area contributed by atoms with E-state index < -0.39 is 5.41 Å². The molecule has 3 heterocycles. The van der Waals surface area contributed by atoms with Crippen molar-refractivity contribution in [3.05, 3.63) is 17.1 Å².